The van der Waals surface area contributed by atoms with Gasteiger partial charge in [0.15, 0.2) is 0 Å². The first kappa shape index (κ1) is 10.4. The molecule has 0 aliphatic rings. The van der Waals surface area contributed by atoms with E-state index in [1.807, 2.05) is 6.07 Å². The Morgan fingerprint density at radius 3 is 2.67 bits per heavy atom. The van der Waals surface area contributed by atoms with Crippen molar-refractivity contribution in [1.82, 2.24) is 4.98 Å². The van der Waals surface area contributed by atoms with Crippen LogP contribution < -0.4 is 0 Å². The zero-order valence-corrected chi connectivity index (χ0v) is 10.1. The van der Waals surface area contributed by atoms with E-state index in [1.165, 1.54) is 22.0 Å². The van der Waals surface area contributed by atoms with Gasteiger partial charge in [-0.2, -0.15) is 0 Å². The summed E-state index contributed by atoms with van der Waals surface area (Å²) in [5.74, 6) is 0.515. The van der Waals surface area contributed by atoms with Crippen molar-refractivity contribution in [1.29, 1.82) is 0 Å². The van der Waals surface area contributed by atoms with Gasteiger partial charge in [-0.25, -0.2) is 0 Å². The number of fused-ring (bicyclic) bond motifs is 1. The third kappa shape index (κ3) is 1.82. The smallest absolute Gasteiger partial charge is 0.103 e. The van der Waals surface area contributed by atoms with Crippen LogP contribution in [-0.2, 0) is 0 Å². The van der Waals surface area contributed by atoms with Gasteiger partial charge in [-0.05, 0) is 30.0 Å². The van der Waals surface area contributed by atoms with Gasteiger partial charge in [0.1, 0.15) is 4.64 Å². The van der Waals surface area contributed by atoms with Crippen molar-refractivity contribution in [2.75, 3.05) is 0 Å². The summed E-state index contributed by atoms with van der Waals surface area (Å²) in [5, 5.41) is 1.27. The van der Waals surface area contributed by atoms with Crippen molar-refractivity contribution in [2.24, 2.45) is 0 Å². The lowest BCUT2D eigenvalue weighted by atomic mass is 9.98. The van der Waals surface area contributed by atoms with Crippen LogP contribution >= 0.6 is 12.2 Å². The molecule has 1 N–H and O–H groups in total. The molecule has 1 aromatic carbocycles. The van der Waals surface area contributed by atoms with Gasteiger partial charge in [0.2, 0.25) is 0 Å². The van der Waals surface area contributed by atoms with E-state index in [0.29, 0.717) is 5.92 Å². The quantitative estimate of drug-likeness (QED) is 0.703. The molecule has 2 aromatic rings. The highest BCUT2D eigenvalue weighted by molar-refractivity contribution is 7.71. The summed E-state index contributed by atoms with van der Waals surface area (Å²) in [6.45, 7) is 6.51. The van der Waals surface area contributed by atoms with Crippen LogP contribution in [0.1, 0.15) is 30.9 Å². The minimum absolute atomic E-state index is 0.515. The highest BCUT2D eigenvalue weighted by Crippen LogP contribution is 2.25. The van der Waals surface area contributed by atoms with Crippen LogP contribution in [0.2, 0.25) is 0 Å². The molecule has 0 aliphatic carbocycles. The van der Waals surface area contributed by atoms with Crippen LogP contribution in [0, 0.1) is 11.6 Å². The second kappa shape index (κ2) is 3.78. The van der Waals surface area contributed by atoms with Crippen molar-refractivity contribution in [3.05, 3.63) is 40.0 Å². The molecule has 0 fully saturated rings. The van der Waals surface area contributed by atoms with E-state index in [0.717, 1.165) is 4.64 Å². The third-order valence-corrected chi connectivity index (χ3v) is 2.96. The molecule has 0 bridgehead atoms. The molecule has 0 saturated carbocycles. The third-order valence-electron chi connectivity index (χ3n) is 2.74. The van der Waals surface area contributed by atoms with E-state index in [4.69, 9.17) is 12.2 Å². The molecule has 1 nitrogen and oxygen atoms in total. The molecular formula is C13H15NS. The van der Waals surface area contributed by atoms with Crippen LogP contribution in [0.3, 0.4) is 0 Å². The first-order valence-corrected chi connectivity index (χ1v) is 5.63. The lowest BCUT2D eigenvalue weighted by Gasteiger charge is -2.11. The summed E-state index contributed by atoms with van der Waals surface area (Å²) in [4.78, 5) is 3.30. The van der Waals surface area contributed by atoms with Crippen LogP contribution in [0.4, 0.5) is 0 Å². The SMILES string of the molecule is Cc1cc(=S)[nH]c2c(C(C)C)cccc12. The fraction of sp³-hybridized carbons (Fsp3) is 0.308. The molecule has 0 aliphatic heterocycles. The number of aromatic amines is 1. The Morgan fingerprint density at radius 1 is 1.27 bits per heavy atom. The van der Waals surface area contributed by atoms with Crippen LogP contribution in [0.5, 0.6) is 0 Å². The Hall–Kier alpha value is -1.15. The number of aryl methyl sites for hydroxylation is 1. The molecule has 1 aromatic heterocycles. The number of H-pyrrole nitrogens is 1. The minimum Gasteiger partial charge on any atom is -0.346 e. The second-order valence-electron chi connectivity index (χ2n) is 4.24. The maximum Gasteiger partial charge on any atom is 0.103 e. The lowest BCUT2D eigenvalue weighted by Crippen LogP contribution is -1.93. The molecule has 1 heterocycles. The fourth-order valence-electron chi connectivity index (χ4n) is 1.95. The van der Waals surface area contributed by atoms with E-state index in [1.54, 1.807) is 0 Å². The molecule has 0 saturated heterocycles. The summed E-state index contributed by atoms with van der Waals surface area (Å²) in [7, 11) is 0. The van der Waals surface area contributed by atoms with Gasteiger partial charge in [-0.1, -0.05) is 44.3 Å². The van der Waals surface area contributed by atoms with E-state index < -0.39 is 0 Å². The Kier molecular flexibility index (Phi) is 2.61. The molecule has 0 amide bonds. The first-order chi connectivity index (χ1) is 7.09. The molecule has 15 heavy (non-hydrogen) atoms. The van der Waals surface area contributed by atoms with Gasteiger partial charge in [-0.3, -0.25) is 0 Å². The number of aromatic nitrogens is 1. The summed E-state index contributed by atoms with van der Waals surface area (Å²) in [6.07, 6.45) is 0. The highest BCUT2D eigenvalue weighted by atomic mass is 32.1. The predicted molar refractivity (Wildman–Crippen MR) is 68.0 cm³/mol. The number of benzene rings is 1. The molecule has 78 valence electrons. The van der Waals surface area contributed by atoms with Crippen molar-refractivity contribution >= 4 is 23.1 Å². The number of hydrogen-bond donors (Lipinski definition) is 1. The second-order valence-corrected chi connectivity index (χ2v) is 4.68. The van der Waals surface area contributed by atoms with Crippen molar-refractivity contribution < 1.29 is 0 Å². The zero-order chi connectivity index (χ0) is 11.0. The molecule has 0 spiro atoms. The number of rotatable bonds is 1. The summed E-state index contributed by atoms with van der Waals surface area (Å²) in [6, 6.07) is 8.43. The van der Waals surface area contributed by atoms with E-state index >= 15 is 0 Å². The summed E-state index contributed by atoms with van der Waals surface area (Å²) >= 11 is 5.22. The largest absolute Gasteiger partial charge is 0.346 e. The van der Waals surface area contributed by atoms with Gasteiger partial charge in [-0.15, -0.1) is 0 Å². The van der Waals surface area contributed by atoms with Crippen molar-refractivity contribution in [2.45, 2.75) is 26.7 Å². The molecular weight excluding hydrogens is 202 g/mol. The molecule has 0 unspecified atom stereocenters. The Balaban J connectivity index is 2.91. The lowest BCUT2D eigenvalue weighted by molar-refractivity contribution is 0.872. The number of pyridine rings is 1. The molecule has 0 atom stereocenters. The monoisotopic (exact) mass is 217 g/mol. The van der Waals surface area contributed by atoms with E-state index in [-0.39, 0.29) is 0 Å². The van der Waals surface area contributed by atoms with Gasteiger partial charge >= 0.3 is 0 Å². The Bertz CT molecular complexity index is 552. The normalized spacial score (nSPS) is 11.2. The van der Waals surface area contributed by atoms with Crippen LogP contribution in [0.15, 0.2) is 24.3 Å². The van der Waals surface area contributed by atoms with Gasteiger partial charge < -0.3 is 4.98 Å². The Labute approximate surface area is 95.2 Å². The van der Waals surface area contributed by atoms with Crippen LogP contribution in [0.25, 0.3) is 10.9 Å². The topological polar surface area (TPSA) is 15.8 Å². The number of hydrogen-bond acceptors (Lipinski definition) is 1. The average molecular weight is 217 g/mol. The molecule has 0 radical (unpaired) electrons. The van der Waals surface area contributed by atoms with Gasteiger partial charge in [0, 0.05) is 5.39 Å². The predicted octanol–water partition coefficient (Wildman–Crippen LogP) is 4.33. The van der Waals surface area contributed by atoms with Gasteiger partial charge in [0.05, 0.1) is 5.52 Å². The zero-order valence-electron chi connectivity index (χ0n) is 9.29. The molecule has 2 rings (SSSR count). The van der Waals surface area contributed by atoms with E-state index in [9.17, 15) is 0 Å². The number of para-hydroxylation sites is 1. The number of nitrogens with one attached hydrogen (secondary N) is 1. The minimum atomic E-state index is 0.515. The average Bonchev–Trinajstić information content (AvgIpc) is 2.16. The Morgan fingerprint density at radius 2 is 2.00 bits per heavy atom. The van der Waals surface area contributed by atoms with E-state index in [2.05, 4.69) is 44.0 Å². The summed E-state index contributed by atoms with van der Waals surface area (Å²) < 4.78 is 0.813. The van der Waals surface area contributed by atoms with Crippen LogP contribution in [-0.4, -0.2) is 4.98 Å². The van der Waals surface area contributed by atoms with Gasteiger partial charge in [0.25, 0.3) is 0 Å². The highest BCUT2D eigenvalue weighted by Gasteiger charge is 2.06. The first-order valence-electron chi connectivity index (χ1n) is 5.22. The fourth-order valence-corrected chi connectivity index (χ4v) is 2.23. The molecule has 2 heteroatoms. The van der Waals surface area contributed by atoms with Crippen molar-refractivity contribution in [3.63, 3.8) is 0 Å². The van der Waals surface area contributed by atoms with Crippen molar-refractivity contribution in [3.8, 4) is 0 Å². The maximum atomic E-state index is 5.22. The maximum absolute atomic E-state index is 5.22. The standard InChI is InChI=1S/C13H15NS/c1-8(2)10-5-4-6-11-9(3)7-12(15)14-13(10)11/h4-8H,1-3H3,(H,14,15). The summed E-state index contributed by atoms with van der Waals surface area (Å²) in [5.41, 5.74) is 3.77.